The SMILES string of the molecule is Cc1ncoc1-c1ccc(CNC(=O)[C@@H]2CCCN2C(=O)[C@@H](NC(=O)COCCCCCOc2ccc(C(=O)N[C@H]3C(C)(C)[C@H](Oc4ccc(C#N)c(C(F)(F)F)c4)C3(C)C)cc2)C(C)(C)C)cc1. The number of nitrogens with zero attached hydrogens (tertiary/aromatic N) is 3. The molecule has 0 spiro atoms. The van der Waals surface area contributed by atoms with Gasteiger partial charge in [0.1, 0.15) is 36.3 Å². The molecule has 1 aliphatic heterocycles. The van der Waals surface area contributed by atoms with E-state index in [0.717, 1.165) is 35.4 Å². The number of alkyl halides is 3. The Morgan fingerprint density at radius 3 is 2.22 bits per heavy atom. The van der Waals surface area contributed by atoms with Crippen LogP contribution < -0.4 is 25.4 Å². The number of halogens is 3. The molecule has 17 heteroatoms. The largest absolute Gasteiger partial charge is 0.494 e. The van der Waals surface area contributed by atoms with Crippen molar-refractivity contribution in [3.05, 3.63) is 101 Å². The molecule has 2 atom stereocenters. The number of oxazole rings is 1. The average molecular weight is 957 g/mol. The highest BCUT2D eigenvalue weighted by Gasteiger charge is 2.64. The smallest absolute Gasteiger partial charge is 0.417 e. The zero-order chi connectivity index (χ0) is 50.3. The van der Waals surface area contributed by atoms with Crippen LogP contribution in [0.4, 0.5) is 13.2 Å². The van der Waals surface area contributed by atoms with Gasteiger partial charge in [0.2, 0.25) is 17.7 Å². The third-order valence-corrected chi connectivity index (χ3v) is 13.0. The van der Waals surface area contributed by atoms with Crippen molar-refractivity contribution in [2.75, 3.05) is 26.4 Å². The highest BCUT2D eigenvalue weighted by Crippen LogP contribution is 2.56. The van der Waals surface area contributed by atoms with Crippen molar-refractivity contribution in [2.24, 2.45) is 16.2 Å². The number of benzene rings is 3. The Balaban J connectivity index is 0.875. The van der Waals surface area contributed by atoms with Crippen molar-refractivity contribution in [2.45, 2.75) is 124 Å². The number of ether oxygens (including phenoxy) is 3. The maximum absolute atomic E-state index is 13.9. The lowest BCUT2D eigenvalue weighted by Gasteiger charge is -2.63. The fourth-order valence-electron chi connectivity index (χ4n) is 9.60. The van der Waals surface area contributed by atoms with Crippen molar-refractivity contribution in [3.8, 4) is 28.9 Å². The lowest BCUT2D eigenvalue weighted by atomic mass is 9.49. The molecule has 0 unspecified atom stereocenters. The zero-order valence-electron chi connectivity index (χ0n) is 40.6. The molecule has 1 saturated carbocycles. The van der Waals surface area contributed by atoms with Gasteiger partial charge >= 0.3 is 6.18 Å². The lowest BCUT2D eigenvalue weighted by Crippen LogP contribution is -2.74. The number of carbonyl (C=O) groups excluding carboxylic acids is 4. The van der Waals surface area contributed by atoms with Crippen molar-refractivity contribution in [1.29, 1.82) is 5.26 Å². The van der Waals surface area contributed by atoms with E-state index in [2.05, 4.69) is 20.9 Å². The van der Waals surface area contributed by atoms with E-state index in [4.69, 9.17) is 23.9 Å². The number of carbonyl (C=O) groups is 4. The van der Waals surface area contributed by atoms with Crippen molar-refractivity contribution in [1.82, 2.24) is 25.8 Å². The van der Waals surface area contributed by atoms with Gasteiger partial charge in [0.15, 0.2) is 12.2 Å². The Labute approximate surface area is 401 Å². The van der Waals surface area contributed by atoms with Gasteiger partial charge < -0.3 is 39.5 Å². The highest BCUT2D eigenvalue weighted by atomic mass is 19.4. The summed E-state index contributed by atoms with van der Waals surface area (Å²) in [6.45, 7) is 16.3. The highest BCUT2D eigenvalue weighted by molar-refractivity contribution is 5.95. The van der Waals surface area contributed by atoms with Crippen LogP contribution in [0, 0.1) is 34.5 Å². The number of nitriles is 1. The van der Waals surface area contributed by atoms with Gasteiger partial charge in [-0.05, 0) is 92.5 Å². The second-order valence-electron chi connectivity index (χ2n) is 20.1. The number of rotatable bonds is 19. The van der Waals surface area contributed by atoms with Gasteiger partial charge in [0.25, 0.3) is 5.91 Å². The predicted octanol–water partition coefficient (Wildman–Crippen LogP) is 8.56. The summed E-state index contributed by atoms with van der Waals surface area (Å²) in [5.41, 5.74) is -0.473. The van der Waals surface area contributed by atoms with Crippen LogP contribution >= 0.6 is 0 Å². The summed E-state index contributed by atoms with van der Waals surface area (Å²) in [5, 5.41) is 18.1. The van der Waals surface area contributed by atoms with E-state index in [1.54, 1.807) is 35.2 Å². The first-order valence-corrected chi connectivity index (χ1v) is 23.3. The zero-order valence-corrected chi connectivity index (χ0v) is 40.6. The molecule has 3 N–H and O–H groups in total. The number of hydrogen-bond acceptors (Lipinski definition) is 10. The van der Waals surface area contributed by atoms with E-state index in [1.165, 1.54) is 12.5 Å². The van der Waals surface area contributed by atoms with Crippen LogP contribution in [-0.4, -0.2) is 84.1 Å². The molecule has 14 nitrogen and oxygen atoms in total. The van der Waals surface area contributed by atoms with E-state index in [-0.39, 0.29) is 36.1 Å². The molecule has 69 heavy (non-hydrogen) atoms. The first-order valence-electron chi connectivity index (χ1n) is 23.3. The summed E-state index contributed by atoms with van der Waals surface area (Å²) in [4.78, 5) is 59.4. The molecule has 370 valence electrons. The Kier molecular flexibility index (Phi) is 16.2. The summed E-state index contributed by atoms with van der Waals surface area (Å²) < 4.78 is 63.9. The normalized spacial score (nSPS) is 18.9. The molecule has 1 aliphatic carbocycles. The van der Waals surface area contributed by atoms with Gasteiger partial charge in [-0.2, -0.15) is 18.4 Å². The topological polar surface area (TPSA) is 185 Å². The molecule has 4 amide bonds. The van der Waals surface area contributed by atoms with E-state index in [0.29, 0.717) is 69.1 Å². The molecular formula is C52H63F3N6O8. The Hall–Kier alpha value is -6.41. The summed E-state index contributed by atoms with van der Waals surface area (Å²) in [5.74, 6) is -0.00702. The minimum atomic E-state index is -4.71. The maximum atomic E-state index is 13.9. The van der Waals surface area contributed by atoms with Crippen LogP contribution in [0.15, 0.2) is 77.5 Å². The third-order valence-electron chi connectivity index (χ3n) is 13.0. The Morgan fingerprint density at radius 2 is 1.59 bits per heavy atom. The van der Waals surface area contributed by atoms with Gasteiger partial charge in [-0.25, -0.2) is 4.98 Å². The standard InChI is InChI=1S/C52H63F3N6O8/c1-32-42(68-31-58-32)34-16-14-33(15-17-34)29-57-45(64)40-13-12-24-61(40)46(65)43(49(2,3)4)59-41(62)30-66-25-10-9-11-26-67-37-21-18-35(19-22-37)44(63)60-47-50(5,6)48(51(47,7)8)69-38-23-20-36(28-56)39(27-38)52(53,54)55/h14-23,27,31,40,43,47-48H,9-13,24-26,29-30H2,1-8H3,(H,57,64)(H,59,62)(H,60,63)/t40-,43+,47-,48-/m0/s1. The van der Waals surface area contributed by atoms with E-state index in [9.17, 15) is 32.3 Å². The fraction of sp³-hybridized carbons (Fsp3) is 0.500. The van der Waals surface area contributed by atoms with Gasteiger partial charge in [-0.15, -0.1) is 0 Å². The number of aromatic nitrogens is 1. The minimum absolute atomic E-state index is 0.00510. The molecule has 1 saturated heterocycles. The number of nitrogens with one attached hydrogen (secondary N) is 3. The molecule has 4 aromatic rings. The maximum Gasteiger partial charge on any atom is 0.417 e. The summed E-state index contributed by atoms with van der Waals surface area (Å²) in [7, 11) is 0. The van der Waals surface area contributed by atoms with Crippen LogP contribution in [-0.2, 0) is 31.8 Å². The summed E-state index contributed by atoms with van der Waals surface area (Å²) >= 11 is 0. The third kappa shape index (κ3) is 12.4. The van der Waals surface area contributed by atoms with E-state index >= 15 is 0 Å². The van der Waals surface area contributed by atoms with Crippen LogP contribution in [0.25, 0.3) is 11.3 Å². The van der Waals surface area contributed by atoms with E-state index < -0.39 is 57.6 Å². The molecule has 3 aromatic carbocycles. The molecule has 6 rings (SSSR count). The molecule has 2 heterocycles. The molecule has 2 fully saturated rings. The molecule has 0 bridgehead atoms. The Bertz CT molecular complexity index is 2470. The minimum Gasteiger partial charge on any atom is -0.494 e. The molecule has 2 aliphatic rings. The number of unbranched alkanes of at least 4 members (excludes halogenated alkanes) is 2. The quantitative estimate of drug-likeness (QED) is 0.0770. The van der Waals surface area contributed by atoms with Crippen LogP contribution in [0.2, 0.25) is 0 Å². The lowest BCUT2D eigenvalue weighted by molar-refractivity contribution is -0.164. The summed E-state index contributed by atoms with van der Waals surface area (Å²) in [6, 6.07) is 17.4. The molecule has 0 radical (unpaired) electrons. The van der Waals surface area contributed by atoms with Crippen molar-refractivity contribution < 1.29 is 51.0 Å². The van der Waals surface area contributed by atoms with E-state index in [1.807, 2.05) is 79.7 Å². The number of amides is 4. The van der Waals surface area contributed by atoms with Crippen molar-refractivity contribution >= 4 is 23.6 Å². The second-order valence-corrected chi connectivity index (χ2v) is 20.1. The van der Waals surface area contributed by atoms with Crippen molar-refractivity contribution in [3.63, 3.8) is 0 Å². The van der Waals surface area contributed by atoms with Gasteiger partial charge in [0.05, 0.1) is 29.5 Å². The fourth-order valence-corrected chi connectivity index (χ4v) is 9.60. The Morgan fingerprint density at radius 1 is 0.928 bits per heavy atom. The van der Waals surface area contributed by atoms with Gasteiger partial charge in [-0.1, -0.05) is 72.7 Å². The van der Waals surface area contributed by atoms with Crippen LogP contribution in [0.3, 0.4) is 0 Å². The predicted molar refractivity (Wildman–Crippen MR) is 251 cm³/mol. The number of aryl methyl sites for hydroxylation is 1. The molecule has 1 aromatic heterocycles. The van der Waals surface area contributed by atoms with Crippen LogP contribution in [0.5, 0.6) is 11.5 Å². The first kappa shape index (κ1) is 52.0. The number of hydrogen-bond donors (Lipinski definition) is 3. The van der Waals surface area contributed by atoms with Crippen LogP contribution in [0.1, 0.15) is 113 Å². The second kappa shape index (κ2) is 21.5. The first-order chi connectivity index (χ1) is 32.5. The monoisotopic (exact) mass is 956 g/mol. The molecular weight excluding hydrogens is 894 g/mol. The summed E-state index contributed by atoms with van der Waals surface area (Å²) in [6.07, 6.45) is -0.487. The number of likely N-dealkylation sites (tertiary alicyclic amines) is 1. The average Bonchev–Trinajstić information content (AvgIpc) is 3.98. The van der Waals surface area contributed by atoms with Gasteiger partial charge in [0, 0.05) is 47.7 Å². The van der Waals surface area contributed by atoms with Gasteiger partial charge in [-0.3, -0.25) is 19.2 Å².